The van der Waals surface area contributed by atoms with Crippen LogP contribution >= 0.6 is 11.3 Å². The molecule has 0 aliphatic heterocycles. The lowest BCUT2D eigenvalue weighted by Crippen LogP contribution is -2.38. The van der Waals surface area contributed by atoms with Crippen LogP contribution in [0.1, 0.15) is 32.7 Å². The third-order valence-electron chi connectivity index (χ3n) is 3.16. The molecule has 0 saturated heterocycles. The highest BCUT2D eigenvalue weighted by molar-refractivity contribution is 7.09. The van der Waals surface area contributed by atoms with Crippen molar-refractivity contribution in [1.29, 1.82) is 0 Å². The van der Waals surface area contributed by atoms with Gasteiger partial charge in [0, 0.05) is 29.2 Å². The third-order valence-corrected chi connectivity index (χ3v) is 3.94. The van der Waals surface area contributed by atoms with E-state index in [0.29, 0.717) is 6.54 Å². The molecule has 1 aromatic heterocycles. The maximum absolute atomic E-state index is 11.7. The van der Waals surface area contributed by atoms with Crippen LogP contribution in [0.4, 0.5) is 10.5 Å². The van der Waals surface area contributed by atoms with Gasteiger partial charge in [-0.05, 0) is 46.8 Å². The molecular formula is C18H25N3O2S. The van der Waals surface area contributed by atoms with E-state index in [4.69, 9.17) is 4.74 Å². The summed E-state index contributed by atoms with van der Waals surface area (Å²) in [5, 5.41) is 9.25. The molecule has 1 aromatic carbocycles. The topological polar surface area (TPSA) is 63.2 Å². The maximum atomic E-state index is 11.7. The standard InChI is InChI=1S/C18H25N3O2S/c1-12(10-19-17(22)23-18(3,4)5)20-15-8-6-14(7-9-15)16-11-24-13(2)21-16/h6-9,11-12,20H,10H2,1-5H3,(H,19,22). The summed E-state index contributed by atoms with van der Waals surface area (Å²) >= 11 is 1.65. The Morgan fingerprint density at radius 3 is 2.50 bits per heavy atom. The Labute approximate surface area is 147 Å². The number of aromatic nitrogens is 1. The Kier molecular flexibility index (Phi) is 5.83. The number of anilines is 1. The Bertz CT molecular complexity index is 674. The molecule has 0 radical (unpaired) electrons. The van der Waals surface area contributed by atoms with Gasteiger partial charge < -0.3 is 15.4 Å². The fraction of sp³-hybridized carbons (Fsp3) is 0.444. The van der Waals surface area contributed by atoms with Crippen LogP contribution in [0.5, 0.6) is 0 Å². The SMILES string of the molecule is Cc1nc(-c2ccc(NC(C)CNC(=O)OC(C)(C)C)cc2)cs1. The van der Waals surface area contributed by atoms with Gasteiger partial charge in [0.1, 0.15) is 5.60 Å². The van der Waals surface area contributed by atoms with Gasteiger partial charge >= 0.3 is 6.09 Å². The zero-order valence-electron chi connectivity index (χ0n) is 14.8. The summed E-state index contributed by atoms with van der Waals surface area (Å²) in [4.78, 5) is 16.1. The number of ether oxygens (including phenoxy) is 1. The quantitative estimate of drug-likeness (QED) is 0.839. The molecule has 24 heavy (non-hydrogen) atoms. The summed E-state index contributed by atoms with van der Waals surface area (Å²) in [6.07, 6.45) is -0.398. The molecule has 2 aromatic rings. The summed E-state index contributed by atoms with van der Waals surface area (Å²) in [6, 6.07) is 8.22. The molecule has 5 nitrogen and oxygen atoms in total. The van der Waals surface area contributed by atoms with Crippen LogP contribution in [0.3, 0.4) is 0 Å². The number of carbonyl (C=O) groups excluding carboxylic acids is 1. The molecule has 2 rings (SSSR count). The monoisotopic (exact) mass is 347 g/mol. The minimum absolute atomic E-state index is 0.0879. The summed E-state index contributed by atoms with van der Waals surface area (Å²) in [6.45, 7) is 10.0. The third kappa shape index (κ3) is 5.85. The first kappa shape index (κ1) is 18.3. The number of aryl methyl sites for hydroxylation is 1. The highest BCUT2D eigenvalue weighted by atomic mass is 32.1. The van der Waals surface area contributed by atoms with Crippen molar-refractivity contribution in [3.05, 3.63) is 34.7 Å². The van der Waals surface area contributed by atoms with Crippen molar-refractivity contribution < 1.29 is 9.53 Å². The number of carbonyl (C=O) groups is 1. The van der Waals surface area contributed by atoms with E-state index in [1.54, 1.807) is 11.3 Å². The van der Waals surface area contributed by atoms with E-state index < -0.39 is 11.7 Å². The Morgan fingerprint density at radius 1 is 1.29 bits per heavy atom. The fourth-order valence-electron chi connectivity index (χ4n) is 2.12. The second-order valence-corrected chi connectivity index (χ2v) is 7.82. The molecule has 0 saturated carbocycles. The zero-order chi connectivity index (χ0) is 17.7. The second-order valence-electron chi connectivity index (χ2n) is 6.76. The number of hydrogen-bond donors (Lipinski definition) is 2. The molecule has 2 N–H and O–H groups in total. The molecule has 6 heteroatoms. The molecule has 0 aliphatic rings. The highest BCUT2D eigenvalue weighted by Gasteiger charge is 2.16. The zero-order valence-corrected chi connectivity index (χ0v) is 15.7. The lowest BCUT2D eigenvalue weighted by atomic mass is 10.1. The van der Waals surface area contributed by atoms with Crippen LogP contribution in [0.25, 0.3) is 11.3 Å². The summed E-state index contributed by atoms with van der Waals surface area (Å²) in [5.74, 6) is 0. The summed E-state index contributed by atoms with van der Waals surface area (Å²) in [7, 11) is 0. The molecule has 1 atom stereocenters. The Balaban J connectivity index is 1.84. The van der Waals surface area contributed by atoms with Gasteiger partial charge in [-0.1, -0.05) is 12.1 Å². The number of alkyl carbamates (subject to hydrolysis) is 1. The Hall–Kier alpha value is -2.08. The van der Waals surface area contributed by atoms with E-state index in [1.807, 2.05) is 58.9 Å². The van der Waals surface area contributed by atoms with Crippen LogP contribution in [-0.4, -0.2) is 29.3 Å². The lowest BCUT2D eigenvalue weighted by molar-refractivity contribution is 0.0526. The van der Waals surface area contributed by atoms with Gasteiger partial charge in [-0.15, -0.1) is 11.3 Å². The van der Waals surface area contributed by atoms with Crippen LogP contribution in [-0.2, 0) is 4.74 Å². The largest absolute Gasteiger partial charge is 0.444 e. The van der Waals surface area contributed by atoms with Gasteiger partial charge in [0.2, 0.25) is 0 Å². The van der Waals surface area contributed by atoms with Gasteiger partial charge in [0.25, 0.3) is 0 Å². The molecule has 0 fully saturated rings. The minimum atomic E-state index is -0.482. The average molecular weight is 347 g/mol. The lowest BCUT2D eigenvalue weighted by Gasteiger charge is -2.21. The molecule has 1 heterocycles. The first-order valence-electron chi connectivity index (χ1n) is 7.99. The number of thiazole rings is 1. The molecule has 1 unspecified atom stereocenters. The van der Waals surface area contributed by atoms with Crippen LogP contribution in [0, 0.1) is 6.92 Å². The molecular weight excluding hydrogens is 322 g/mol. The van der Waals surface area contributed by atoms with Crippen molar-refractivity contribution in [2.24, 2.45) is 0 Å². The number of amides is 1. The smallest absolute Gasteiger partial charge is 0.407 e. The Morgan fingerprint density at radius 2 is 1.96 bits per heavy atom. The van der Waals surface area contributed by atoms with Gasteiger partial charge in [-0.25, -0.2) is 9.78 Å². The van der Waals surface area contributed by atoms with Crippen molar-refractivity contribution in [3.8, 4) is 11.3 Å². The molecule has 0 aliphatic carbocycles. The molecule has 1 amide bonds. The van der Waals surface area contributed by atoms with Gasteiger partial charge in [-0.3, -0.25) is 0 Å². The maximum Gasteiger partial charge on any atom is 0.407 e. The van der Waals surface area contributed by atoms with Crippen LogP contribution < -0.4 is 10.6 Å². The first-order valence-corrected chi connectivity index (χ1v) is 8.87. The normalized spacial score (nSPS) is 12.5. The summed E-state index contributed by atoms with van der Waals surface area (Å²) in [5.41, 5.74) is 2.63. The van der Waals surface area contributed by atoms with Gasteiger partial charge in [0.15, 0.2) is 0 Å². The van der Waals surface area contributed by atoms with E-state index in [9.17, 15) is 4.79 Å². The summed E-state index contributed by atoms with van der Waals surface area (Å²) < 4.78 is 5.22. The van der Waals surface area contributed by atoms with Crippen molar-refractivity contribution >= 4 is 23.1 Å². The number of hydrogen-bond acceptors (Lipinski definition) is 5. The number of benzene rings is 1. The average Bonchev–Trinajstić information content (AvgIpc) is 2.91. The predicted molar refractivity (Wildman–Crippen MR) is 99.6 cm³/mol. The van der Waals surface area contributed by atoms with E-state index in [1.165, 1.54) is 0 Å². The van der Waals surface area contributed by atoms with Crippen molar-refractivity contribution in [2.75, 3.05) is 11.9 Å². The van der Waals surface area contributed by atoms with Crippen molar-refractivity contribution in [1.82, 2.24) is 10.3 Å². The van der Waals surface area contributed by atoms with E-state index in [2.05, 4.69) is 21.0 Å². The predicted octanol–water partition coefficient (Wildman–Crippen LogP) is 4.44. The minimum Gasteiger partial charge on any atom is -0.444 e. The first-order chi connectivity index (χ1) is 11.2. The molecule has 0 spiro atoms. The van der Waals surface area contributed by atoms with Gasteiger partial charge in [-0.2, -0.15) is 0 Å². The highest BCUT2D eigenvalue weighted by Crippen LogP contribution is 2.23. The van der Waals surface area contributed by atoms with E-state index in [-0.39, 0.29) is 6.04 Å². The molecule has 130 valence electrons. The van der Waals surface area contributed by atoms with Crippen LogP contribution in [0.15, 0.2) is 29.6 Å². The van der Waals surface area contributed by atoms with Crippen molar-refractivity contribution in [2.45, 2.75) is 46.3 Å². The van der Waals surface area contributed by atoms with E-state index in [0.717, 1.165) is 22.0 Å². The van der Waals surface area contributed by atoms with E-state index >= 15 is 0 Å². The fourth-order valence-corrected chi connectivity index (χ4v) is 2.74. The number of rotatable bonds is 5. The van der Waals surface area contributed by atoms with Crippen molar-refractivity contribution in [3.63, 3.8) is 0 Å². The number of nitrogens with one attached hydrogen (secondary N) is 2. The second kappa shape index (κ2) is 7.66. The van der Waals surface area contributed by atoms with Crippen LogP contribution in [0.2, 0.25) is 0 Å². The number of nitrogens with zero attached hydrogens (tertiary/aromatic N) is 1. The molecule has 0 bridgehead atoms. The van der Waals surface area contributed by atoms with Gasteiger partial charge in [0.05, 0.1) is 10.7 Å².